The van der Waals surface area contributed by atoms with Crippen molar-refractivity contribution >= 4 is 22.6 Å². The average Bonchev–Trinajstić information content (AvgIpc) is 2.05. The summed E-state index contributed by atoms with van der Waals surface area (Å²) >= 11 is 2.38. The first-order chi connectivity index (χ1) is 5.24. The van der Waals surface area contributed by atoms with Crippen LogP contribution in [0.4, 0.5) is 0 Å². The van der Waals surface area contributed by atoms with E-state index < -0.39 is 0 Å². The van der Waals surface area contributed by atoms with Gasteiger partial charge < -0.3 is 0 Å². The lowest BCUT2D eigenvalue weighted by Gasteiger charge is -2.04. The van der Waals surface area contributed by atoms with Gasteiger partial charge in [0.25, 0.3) is 0 Å². The normalized spacial score (nSPS) is 10.5. The minimum atomic E-state index is 0.651. The molecule has 0 heterocycles. The van der Waals surface area contributed by atoms with Crippen molar-refractivity contribution in [3.63, 3.8) is 0 Å². The van der Waals surface area contributed by atoms with Crippen molar-refractivity contribution in [3.8, 4) is 0 Å². The average molecular weight is 260 g/mol. The van der Waals surface area contributed by atoms with E-state index in [-0.39, 0.29) is 0 Å². The Morgan fingerprint density at radius 1 is 1.18 bits per heavy atom. The highest BCUT2D eigenvalue weighted by Crippen LogP contribution is 2.15. The maximum Gasteiger partial charge on any atom is 0.0247 e. The molecule has 0 fully saturated rings. The van der Waals surface area contributed by atoms with Gasteiger partial charge in [-0.1, -0.05) is 60.7 Å². The van der Waals surface area contributed by atoms with Crippen LogP contribution in [0.15, 0.2) is 24.3 Å². The minimum Gasteiger partial charge on any atom is -0.0812 e. The lowest BCUT2D eigenvalue weighted by molar-refractivity contribution is 0.866. The maximum absolute atomic E-state index is 2.38. The van der Waals surface area contributed by atoms with Crippen molar-refractivity contribution in [1.82, 2.24) is 0 Å². The van der Waals surface area contributed by atoms with Crippen LogP contribution in [0.25, 0.3) is 0 Å². The molecule has 0 bridgehead atoms. The molecule has 1 heteroatoms. The molecule has 0 aliphatic carbocycles. The zero-order valence-corrected chi connectivity index (χ0v) is 9.13. The molecule has 1 rings (SSSR count). The molecule has 0 aliphatic rings. The maximum atomic E-state index is 2.38. The van der Waals surface area contributed by atoms with Gasteiger partial charge in [0.05, 0.1) is 0 Å². The highest BCUT2D eigenvalue weighted by molar-refractivity contribution is 14.1. The SMILES string of the molecule is CC(C)c1ccc(CI)cc1. The van der Waals surface area contributed by atoms with Crippen LogP contribution < -0.4 is 0 Å². The summed E-state index contributed by atoms with van der Waals surface area (Å²) in [6, 6.07) is 8.86. The summed E-state index contributed by atoms with van der Waals surface area (Å²) in [6.07, 6.45) is 0. The van der Waals surface area contributed by atoms with Crippen LogP contribution >= 0.6 is 22.6 Å². The number of hydrogen-bond acceptors (Lipinski definition) is 0. The van der Waals surface area contributed by atoms with Crippen LogP contribution in [0.1, 0.15) is 30.9 Å². The van der Waals surface area contributed by atoms with Gasteiger partial charge in [0.15, 0.2) is 0 Å². The van der Waals surface area contributed by atoms with Crippen LogP contribution in [-0.4, -0.2) is 0 Å². The van der Waals surface area contributed by atoms with Gasteiger partial charge in [-0.3, -0.25) is 0 Å². The highest BCUT2D eigenvalue weighted by Gasteiger charge is 1.96. The molecule has 0 nitrogen and oxygen atoms in total. The number of hydrogen-bond donors (Lipinski definition) is 0. The summed E-state index contributed by atoms with van der Waals surface area (Å²) in [5.74, 6) is 0.651. The lowest BCUT2D eigenvalue weighted by atomic mass is 10.0. The van der Waals surface area contributed by atoms with Gasteiger partial charge in [-0.15, -0.1) is 0 Å². The van der Waals surface area contributed by atoms with Crippen LogP contribution in [0.2, 0.25) is 0 Å². The van der Waals surface area contributed by atoms with E-state index >= 15 is 0 Å². The van der Waals surface area contributed by atoms with Gasteiger partial charge in [0.1, 0.15) is 0 Å². The van der Waals surface area contributed by atoms with E-state index in [0.29, 0.717) is 5.92 Å². The zero-order chi connectivity index (χ0) is 8.27. The fourth-order valence-electron chi connectivity index (χ4n) is 0.992. The summed E-state index contributed by atoms with van der Waals surface area (Å²) in [7, 11) is 0. The predicted molar refractivity (Wildman–Crippen MR) is 58.3 cm³/mol. The molecule has 0 spiro atoms. The van der Waals surface area contributed by atoms with E-state index in [1.165, 1.54) is 11.1 Å². The summed E-state index contributed by atoms with van der Waals surface area (Å²) < 4.78 is 1.11. The Bertz CT molecular complexity index is 211. The molecule has 11 heavy (non-hydrogen) atoms. The first kappa shape index (κ1) is 9.04. The molecule has 60 valence electrons. The molecule has 0 unspecified atom stereocenters. The molecule has 1 aromatic carbocycles. The van der Waals surface area contributed by atoms with Crippen molar-refractivity contribution < 1.29 is 0 Å². The number of halogens is 1. The smallest absolute Gasteiger partial charge is 0.0247 e. The Kier molecular flexibility index (Phi) is 3.37. The Morgan fingerprint density at radius 2 is 1.73 bits per heavy atom. The van der Waals surface area contributed by atoms with E-state index in [2.05, 4.69) is 60.7 Å². The first-order valence-corrected chi connectivity index (χ1v) is 5.41. The Hall–Kier alpha value is -0.0500. The third kappa shape index (κ3) is 2.47. The van der Waals surface area contributed by atoms with Crippen molar-refractivity contribution in [2.75, 3.05) is 0 Å². The van der Waals surface area contributed by atoms with E-state index in [9.17, 15) is 0 Å². The number of alkyl halides is 1. The van der Waals surface area contributed by atoms with Gasteiger partial charge in [0, 0.05) is 4.43 Å². The number of rotatable bonds is 2. The van der Waals surface area contributed by atoms with Crippen molar-refractivity contribution in [2.24, 2.45) is 0 Å². The second-order valence-electron chi connectivity index (χ2n) is 3.03. The summed E-state index contributed by atoms with van der Waals surface area (Å²) in [4.78, 5) is 0. The fourth-order valence-corrected chi connectivity index (χ4v) is 1.50. The number of benzene rings is 1. The van der Waals surface area contributed by atoms with Crippen LogP contribution in [0.5, 0.6) is 0 Å². The zero-order valence-electron chi connectivity index (χ0n) is 6.97. The minimum absolute atomic E-state index is 0.651. The van der Waals surface area contributed by atoms with Gasteiger partial charge >= 0.3 is 0 Å². The van der Waals surface area contributed by atoms with E-state index in [1.54, 1.807) is 0 Å². The molecular weight excluding hydrogens is 247 g/mol. The van der Waals surface area contributed by atoms with Crippen LogP contribution in [-0.2, 0) is 4.43 Å². The molecule has 0 saturated heterocycles. The fraction of sp³-hybridized carbons (Fsp3) is 0.400. The third-order valence-electron chi connectivity index (χ3n) is 1.80. The standard InChI is InChI=1S/C10H13I/c1-8(2)10-5-3-9(7-11)4-6-10/h3-6,8H,7H2,1-2H3. The second-order valence-corrected chi connectivity index (χ2v) is 3.79. The Morgan fingerprint density at radius 3 is 2.09 bits per heavy atom. The second kappa shape index (κ2) is 4.10. The van der Waals surface area contributed by atoms with Crippen molar-refractivity contribution in [2.45, 2.75) is 24.2 Å². The van der Waals surface area contributed by atoms with Gasteiger partial charge in [-0.2, -0.15) is 0 Å². The van der Waals surface area contributed by atoms with Crippen molar-refractivity contribution in [1.29, 1.82) is 0 Å². The molecule has 0 amide bonds. The van der Waals surface area contributed by atoms with Gasteiger partial charge in [-0.25, -0.2) is 0 Å². The van der Waals surface area contributed by atoms with Gasteiger partial charge in [0.2, 0.25) is 0 Å². The molecule has 0 aromatic heterocycles. The van der Waals surface area contributed by atoms with Crippen LogP contribution in [0, 0.1) is 0 Å². The third-order valence-corrected chi connectivity index (χ3v) is 2.68. The summed E-state index contributed by atoms with van der Waals surface area (Å²) in [5.41, 5.74) is 2.84. The first-order valence-electron chi connectivity index (χ1n) is 3.89. The predicted octanol–water partition coefficient (Wildman–Crippen LogP) is 3.75. The van der Waals surface area contributed by atoms with Crippen molar-refractivity contribution in [3.05, 3.63) is 35.4 Å². The molecule has 0 saturated carbocycles. The molecule has 0 N–H and O–H groups in total. The van der Waals surface area contributed by atoms with E-state index in [1.807, 2.05) is 0 Å². The Balaban J connectivity index is 2.83. The topological polar surface area (TPSA) is 0 Å². The Labute approximate surface area is 82.2 Å². The molecule has 0 atom stereocenters. The highest BCUT2D eigenvalue weighted by atomic mass is 127. The van der Waals surface area contributed by atoms with Crippen LogP contribution in [0.3, 0.4) is 0 Å². The largest absolute Gasteiger partial charge is 0.0812 e. The summed E-state index contributed by atoms with van der Waals surface area (Å²) in [5, 5.41) is 0. The van der Waals surface area contributed by atoms with E-state index in [0.717, 1.165) is 4.43 Å². The van der Waals surface area contributed by atoms with E-state index in [4.69, 9.17) is 0 Å². The summed E-state index contributed by atoms with van der Waals surface area (Å²) in [6.45, 7) is 4.44. The molecule has 1 aromatic rings. The quantitative estimate of drug-likeness (QED) is 0.561. The molecule has 0 radical (unpaired) electrons. The molecular formula is C10H13I. The monoisotopic (exact) mass is 260 g/mol. The van der Waals surface area contributed by atoms with Gasteiger partial charge in [-0.05, 0) is 17.0 Å². The lowest BCUT2D eigenvalue weighted by Crippen LogP contribution is -1.86. The molecule has 0 aliphatic heterocycles.